The number of ether oxygens (including phenoxy) is 1. The van der Waals surface area contributed by atoms with Crippen LogP contribution in [-0.2, 0) is 11.2 Å². The molecule has 1 heterocycles. The van der Waals surface area contributed by atoms with Gasteiger partial charge >= 0.3 is 0 Å². The maximum absolute atomic E-state index is 15.1. The molecule has 5 rings (SSSR count). The topological polar surface area (TPSA) is 32.8 Å². The summed E-state index contributed by atoms with van der Waals surface area (Å²) in [7, 11) is 0. The summed E-state index contributed by atoms with van der Waals surface area (Å²) in [6.07, 6.45) is 8.49. The van der Waals surface area contributed by atoms with Gasteiger partial charge in [0.05, 0.1) is 12.7 Å². The minimum absolute atomic E-state index is 0.0417. The molecule has 2 aliphatic carbocycles. The van der Waals surface area contributed by atoms with Crippen molar-refractivity contribution in [2.75, 3.05) is 6.61 Å². The zero-order chi connectivity index (χ0) is 24.5. The van der Waals surface area contributed by atoms with Gasteiger partial charge in [-0.1, -0.05) is 24.3 Å². The second-order valence-corrected chi connectivity index (χ2v) is 11.2. The van der Waals surface area contributed by atoms with Crippen LogP contribution >= 0.6 is 0 Å². The zero-order valence-electron chi connectivity index (χ0n) is 20.6. The summed E-state index contributed by atoms with van der Waals surface area (Å²) in [6, 6.07) is 9.13. The van der Waals surface area contributed by atoms with Crippen molar-refractivity contribution in [2.45, 2.75) is 95.2 Å². The summed E-state index contributed by atoms with van der Waals surface area (Å²) < 4.78 is 49.7. The van der Waals surface area contributed by atoms with Gasteiger partial charge in [-0.25, -0.2) is 13.2 Å². The summed E-state index contributed by atoms with van der Waals surface area (Å²) in [4.78, 5) is 0. The van der Waals surface area contributed by atoms with Crippen molar-refractivity contribution in [1.82, 2.24) is 0 Å². The smallest absolute Gasteiger partial charge is 0.162 e. The molecule has 2 aromatic carbocycles. The normalized spacial score (nSPS) is 29.7. The second-order valence-electron chi connectivity index (χ2n) is 11.2. The Labute approximate surface area is 206 Å². The lowest BCUT2D eigenvalue weighted by molar-refractivity contribution is 0.0963. The minimum atomic E-state index is -0.660. The fraction of sp³-hybridized carbons (Fsp3) is 0.600. The fourth-order valence-corrected chi connectivity index (χ4v) is 6.47. The van der Waals surface area contributed by atoms with Crippen LogP contribution in [0.1, 0.15) is 105 Å². The van der Waals surface area contributed by atoms with Gasteiger partial charge < -0.3 is 9.84 Å². The highest BCUT2D eigenvalue weighted by Gasteiger charge is 2.31. The van der Waals surface area contributed by atoms with Crippen LogP contribution in [0.5, 0.6) is 0 Å². The summed E-state index contributed by atoms with van der Waals surface area (Å²) >= 11 is 0. The quantitative estimate of drug-likeness (QED) is 0.406. The summed E-state index contributed by atoms with van der Waals surface area (Å²) in [6.45, 7) is 2.42. The van der Waals surface area contributed by atoms with Crippen LogP contribution in [0, 0.1) is 29.3 Å². The van der Waals surface area contributed by atoms with E-state index in [0.29, 0.717) is 29.2 Å². The van der Waals surface area contributed by atoms with Gasteiger partial charge in [-0.05, 0) is 118 Å². The lowest BCUT2D eigenvalue weighted by Crippen LogP contribution is -2.23. The number of aliphatic hydroxyl groups is 1. The molecule has 0 radical (unpaired) electrons. The SMILES string of the molecule is CC(O)C1CCC(c2ccc(C3CCC(CCc4ccc(C5CO5)c(F)c4)CC3)c(F)c2F)CC1. The monoisotopic (exact) mass is 486 g/mol. The molecule has 35 heavy (non-hydrogen) atoms. The molecule has 2 unspecified atom stereocenters. The molecule has 0 bridgehead atoms. The third kappa shape index (κ3) is 5.61. The van der Waals surface area contributed by atoms with Crippen molar-refractivity contribution in [1.29, 1.82) is 0 Å². The summed E-state index contributed by atoms with van der Waals surface area (Å²) in [5.41, 5.74) is 2.71. The first kappa shape index (κ1) is 24.8. The van der Waals surface area contributed by atoms with Crippen LogP contribution in [0.2, 0.25) is 0 Å². The van der Waals surface area contributed by atoms with Gasteiger partial charge in [0.1, 0.15) is 11.9 Å². The highest BCUT2D eigenvalue weighted by Crippen LogP contribution is 2.42. The first-order valence-electron chi connectivity index (χ1n) is 13.5. The van der Waals surface area contributed by atoms with E-state index in [9.17, 15) is 9.50 Å². The summed E-state index contributed by atoms with van der Waals surface area (Å²) in [5.74, 6) is -0.575. The average molecular weight is 487 g/mol. The van der Waals surface area contributed by atoms with Crippen LogP contribution in [-0.4, -0.2) is 17.8 Å². The standard InChI is InChI=1S/C30H37F3O2/c1-18(34)21-9-11-23(12-10-21)25-15-14-24(29(32)30(25)33)22-7-4-19(5-8-22)2-3-20-6-13-26(27(31)16-20)28-17-35-28/h6,13-16,18-19,21-23,28,34H,2-5,7-12,17H2,1H3. The van der Waals surface area contributed by atoms with E-state index >= 15 is 8.78 Å². The Hall–Kier alpha value is -1.85. The molecular formula is C30H37F3O2. The third-order valence-electron chi connectivity index (χ3n) is 8.91. The van der Waals surface area contributed by atoms with Gasteiger partial charge in [-0.2, -0.15) is 0 Å². The molecule has 0 aromatic heterocycles. The number of halogens is 3. The van der Waals surface area contributed by atoms with E-state index in [0.717, 1.165) is 69.8 Å². The van der Waals surface area contributed by atoms with Gasteiger partial charge in [0.2, 0.25) is 0 Å². The van der Waals surface area contributed by atoms with Crippen LogP contribution in [0.25, 0.3) is 0 Å². The predicted molar refractivity (Wildman–Crippen MR) is 131 cm³/mol. The molecule has 0 amide bonds. The maximum Gasteiger partial charge on any atom is 0.162 e. The van der Waals surface area contributed by atoms with Crippen molar-refractivity contribution < 1.29 is 23.0 Å². The van der Waals surface area contributed by atoms with Crippen LogP contribution < -0.4 is 0 Å². The molecule has 2 atom stereocenters. The molecule has 190 valence electrons. The number of hydrogen-bond donors (Lipinski definition) is 1. The lowest BCUT2D eigenvalue weighted by Gasteiger charge is -2.32. The summed E-state index contributed by atoms with van der Waals surface area (Å²) in [5, 5.41) is 9.81. The molecule has 1 aliphatic heterocycles. The van der Waals surface area contributed by atoms with Crippen LogP contribution in [0.3, 0.4) is 0 Å². The van der Waals surface area contributed by atoms with Crippen molar-refractivity contribution in [3.05, 3.63) is 70.0 Å². The van der Waals surface area contributed by atoms with E-state index in [1.54, 1.807) is 6.07 Å². The number of epoxide rings is 1. The molecule has 2 saturated carbocycles. The minimum Gasteiger partial charge on any atom is -0.393 e. The molecular weight excluding hydrogens is 449 g/mol. The van der Waals surface area contributed by atoms with Gasteiger partial charge in [0, 0.05) is 5.56 Å². The van der Waals surface area contributed by atoms with Gasteiger partial charge in [-0.15, -0.1) is 0 Å². The van der Waals surface area contributed by atoms with Crippen molar-refractivity contribution in [3.63, 3.8) is 0 Å². The Balaban J connectivity index is 1.14. The second kappa shape index (κ2) is 10.6. The number of benzene rings is 2. The lowest BCUT2D eigenvalue weighted by atomic mass is 9.74. The van der Waals surface area contributed by atoms with E-state index in [2.05, 4.69) is 0 Å². The third-order valence-corrected chi connectivity index (χ3v) is 8.91. The van der Waals surface area contributed by atoms with Crippen LogP contribution in [0.4, 0.5) is 13.2 Å². The van der Waals surface area contributed by atoms with E-state index in [1.807, 2.05) is 31.2 Å². The molecule has 3 fully saturated rings. The zero-order valence-corrected chi connectivity index (χ0v) is 20.6. The Morgan fingerprint density at radius 3 is 1.89 bits per heavy atom. The molecule has 1 N–H and O–H groups in total. The molecule has 5 heteroatoms. The predicted octanol–water partition coefficient (Wildman–Crippen LogP) is 7.74. The first-order chi connectivity index (χ1) is 16.9. The highest BCUT2D eigenvalue weighted by molar-refractivity contribution is 5.32. The molecule has 2 nitrogen and oxygen atoms in total. The van der Waals surface area contributed by atoms with Crippen molar-refractivity contribution in [3.8, 4) is 0 Å². The Kier molecular flexibility index (Phi) is 7.55. The largest absolute Gasteiger partial charge is 0.393 e. The van der Waals surface area contributed by atoms with Gasteiger partial charge in [-0.3, -0.25) is 0 Å². The van der Waals surface area contributed by atoms with Gasteiger partial charge in [0.25, 0.3) is 0 Å². The molecule has 2 aromatic rings. The Bertz CT molecular complexity index is 1020. The highest BCUT2D eigenvalue weighted by atomic mass is 19.2. The van der Waals surface area contributed by atoms with E-state index in [-0.39, 0.29) is 35.8 Å². The Morgan fingerprint density at radius 2 is 1.37 bits per heavy atom. The number of aliphatic hydroxyl groups excluding tert-OH is 1. The van der Waals surface area contributed by atoms with Crippen molar-refractivity contribution in [2.24, 2.45) is 11.8 Å². The van der Waals surface area contributed by atoms with Crippen molar-refractivity contribution >= 4 is 0 Å². The Morgan fingerprint density at radius 1 is 0.829 bits per heavy atom. The van der Waals surface area contributed by atoms with E-state index in [1.165, 1.54) is 0 Å². The molecule has 1 saturated heterocycles. The molecule has 3 aliphatic rings. The fourth-order valence-electron chi connectivity index (χ4n) is 6.47. The maximum atomic E-state index is 15.1. The van der Waals surface area contributed by atoms with E-state index in [4.69, 9.17) is 4.74 Å². The number of aryl methyl sites for hydroxylation is 1. The first-order valence-corrected chi connectivity index (χ1v) is 13.5. The number of rotatable bonds is 7. The van der Waals surface area contributed by atoms with Gasteiger partial charge in [0.15, 0.2) is 11.6 Å². The van der Waals surface area contributed by atoms with Crippen LogP contribution in [0.15, 0.2) is 30.3 Å². The van der Waals surface area contributed by atoms with E-state index < -0.39 is 11.6 Å². The molecule has 0 spiro atoms. The average Bonchev–Trinajstić information content (AvgIpc) is 3.70. The number of hydrogen-bond acceptors (Lipinski definition) is 2.